The maximum Gasteiger partial charge on any atom is 0.308 e. The fourth-order valence-electron chi connectivity index (χ4n) is 3.72. The summed E-state index contributed by atoms with van der Waals surface area (Å²) < 4.78 is 5.15. The standard InChI is InChI=1S/C16H19NO4/c1-21-9-10-4-2-3-5-12(10)15(18)17-11-6-7-14(17)13(8-11)16(19)20/h2-5,11,13-14H,6-9H2,1H3,(H,19,20). The number of hydrogen-bond donors (Lipinski definition) is 1. The highest BCUT2D eigenvalue weighted by Crippen LogP contribution is 2.42. The largest absolute Gasteiger partial charge is 0.481 e. The van der Waals surface area contributed by atoms with Gasteiger partial charge in [0, 0.05) is 24.8 Å². The number of carbonyl (C=O) groups excluding carboxylic acids is 1. The van der Waals surface area contributed by atoms with Crippen LogP contribution in [-0.4, -0.2) is 41.1 Å². The number of nitrogens with zero attached hydrogens (tertiary/aromatic N) is 1. The molecule has 1 aromatic carbocycles. The lowest BCUT2D eigenvalue weighted by Crippen LogP contribution is -2.38. The van der Waals surface area contributed by atoms with Gasteiger partial charge in [-0.2, -0.15) is 0 Å². The average Bonchev–Trinajstić information content (AvgIpc) is 3.05. The highest BCUT2D eigenvalue weighted by atomic mass is 16.5. The van der Waals surface area contributed by atoms with Crippen LogP contribution in [0.1, 0.15) is 35.2 Å². The quantitative estimate of drug-likeness (QED) is 0.919. The van der Waals surface area contributed by atoms with Crippen molar-refractivity contribution >= 4 is 11.9 Å². The van der Waals surface area contributed by atoms with Crippen molar-refractivity contribution in [1.29, 1.82) is 0 Å². The molecule has 1 aromatic rings. The van der Waals surface area contributed by atoms with E-state index in [1.54, 1.807) is 18.1 Å². The number of methoxy groups -OCH3 is 1. The molecule has 2 aliphatic heterocycles. The SMILES string of the molecule is COCc1ccccc1C(=O)N1C2CCC1C(C(=O)O)C2. The number of amides is 1. The number of carboxylic acids is 1. The molecule has 3 atom stereocenters. The fraction of sp³-hybridized carbons (Fsp3) is 0.500. The molecular formula is C16H19NO4. The van der Waals surface area contributed by atoms with E-state index in [1.165, 1.54) is 0 Å². The highest BCUT2D eigenvalue weighted by Gasteiger charge is 2.51. The van der Waals surface area contributed by atoms with Gasteiger partial charge in [0.2, 0.25) is 0 Å². The minimum atomic E-state index is -0.787. The van der Waals surface area contributed by atoms with E-state index in [0.717, 1.165) is 18.4 Å². The van der Waals surface area contributed by atoms with Crippen molar-refractivity contribution in [3.05, 3.63) is 35.4 Å². The summed E-state index contributed by atoms with van der Waals surface area (Å²) in [5.41, 5.74) is 1.48. The lowest BCUT2D eigenvalue weighted by Gasteiger charge is -2.24. The molecule has 5 nitrogen and oxygen atoms in total. The Labute approximate surface area is 123 Å². The van der Waals surface area contributed by atoms with E-state index in [-0.39, 0.29) is 18.0 Å². The minimum absolute atomic E-state index is 0.0566. The number of carboxylic acid groups (broad SMARTS) is 1. The molecule has 2 heterocycles. The molecule has 0 spiro atoms. The summed E-state index contributed by atoms with van der Waals surface area (Å²) in [6, 6.07) is 7.30. The van der Waals surface area contributed by atoms with Crippen LogP contribution in [-0.2, 0) is 16.1 Å². The Balaban J connectivity index is 1.88. The van der Waals surface area contributed by atoms with Crippen molar-refractivity contribution in [1.82, 2.24) is 4.90 Å². The lowest BCUT2D eigenvalue weighted by molar-refractivity contribution is -0.142. The second kappa shape index (κ2) is 5.48. The van der Waals surface area contributed by atoms with E-state index in [9.17, 15) is 14.7 Å². The Hall–Kier alpha value is -1.88. The normalized spacial score (nSPS) is 27.1. The predicted molar refractivity (Wildman–Crippen MR) is 75.9 cm³/mol. The third-order valence-corrected chi connectivity index (χ3v) is 4.64. The summed E-state index contributed by atoms with van der Waals surface area (Å²) in [6.07, 6.45) is 2.28. The van der Waals surface area contributed by atoms with Crippen LogP contribution < -0.4 is 0 Å². The Morgan fingerprint density at radius 1 is 1.33 bits per heavy atom. The van der Waals surface area contributed by atoms with Crippen LogP contribution >= 0.6 is 0 Å². The first-order chi connectivity index (χ1) is 10.1. The zero-order chi connectivity index (χ0) is 15.0. The molecule has 0 saturated carbocycles. The molecule has 2 fully saturated rings. The van der Waals surface area contributed by atoms with Gasteiger partial charge in [0.25, 0.3) is 5.91 Å². The molecule has 3 rings (SSSR count). The van der Waals surface area contributed by atoms with E-state index in [2.05, 4.69) is 0 Å². The smallest absolute Gasteiger partial charge is 0.308 e. The Morgan fingerprint density at radius 3 is 2.76 bits per heavy atom. The molecule has 0 aliphatic carbocycles. The number of aliphatic carboxylic acids is 1. The third kappa shape index (κ3) is 2.31. The van der Waals surface area contributed by atoms with Gasteiger partial charge < -0.3 is 14.7 Å². The van der Waals surface area contributed by atoms with Gasteiger partial charge in [0.05, 0.1) is 12.5 Å². The first kappa shape index (κ1) is 14.1. The van der Waals surface area contributed by atoms with Crippen LogP contribution in [0.2, 0.25) is 0 Å². The number of hydrogen-bond acceptors (Lipinski definition) is 3. The molecular weight excluding hydrogens is 270 g/mol. The fourth-order valence-corrected chi connectivity index (χ4v) is 3.72. The molecule has 112 valence electrons. The van der Waals surface area contributed by atoms with Crippen LogP contribution in [0.5, 0.6) is 0 Å². The summed E-state index contributed by atoms with van der Waals surface area (Å²) >= 11 is 0. The molecule has 2 saturated heterocycles. The summed E-state index contributed by atoms with van der Waals surface area (Å²) in [4.78, 5) is 26.0. The molecule has 3 unspecified atom stereocenters. The zero-order valence-corrected chi connectivity index (χ0v) is 12.0. The second-order valence-electron chi connectivity index (χ2n) is 5.78. The molecule has 21 heavy (non-hydrogen) atoms. The zero-order valence-electron chi connectivity index (χ0n) is 12.0. The second-order valence-corrected chi connectivity index (χ2v) is 5.78. The van der Waals surface area contributed by atoms with Crippen molar-refractivity contribution in [3.63, 3.8) is 0 Å². The van der Waals surface area contributed by atoms with Crippen LogP contribution in [0.15, 0.2) is 24.3 Å². The summed E-state index contributed by atoms with van der Waals surface area (Å²) in [5.74, 6) is -1.26. The van der Waals surface area contributed by atoms with Gasteiger partial charge in [0.1, 0.15) is 0 Å². The molecule has 1 amide bonds. The van der Waals surface area contributed by atoms with Crippen molar-refractivity contribution in [3.8, 4) is 0 Å². The maximum absolute atomic E-state index is 12.8. The first-order valence-corrected chi connectivity index (χ1v) is 7.25. The topological polar surface area (TPSA) is 66.8 Å². The van der Waals surface area contributed by atoms with Crippen molar-refractivity contribution in [2.75, 3.05) is 7.11 Å². The van der Waals surface area contributed by atoms with Crippen LogP contribution in [0, 0.1) is 5.92 Å². The monoisotopic (exact) mass is 289 g/mol. The van der Waals surface area contributed by atoms with Crippen LogP contribution in [0.4, 0.5) is 0 Å². The lowest BCUT2D eigenvalue weighted by atomic mass is 9.89. The number of ether oxygens (including phenoxy) is 1. The third-order valence-electron chi connectivity index (χ3n) is 4.64. The van der Waals surface area contributed by atoms with Gasteiger partial charge in [0.15, 0.2) is 0 Å². The maximum atomic E-state index is 12.8. The highest BCUT2D eigenvalue weighted by molar-refractivity contribution is 5.97. The number of benzene rings is 1. The molecule has 2 bridgehead atoms. The molecule has 5 heteroatoms. The van der Waals surface area contributed by atoms with Gasteiger partial charge in [-0.3, -0.25) is 9.59 Å². The minimum Gasteiger partial charge on any atom is -0.481 e. The molecule has 0 aromatic heterocycles. The van der Waals surface area contributed by atoms with Gasteiger partial charge in [-0.05, 0) is 30.9 Å². The van der Waals surface area contributed by atoms with E-state index in [4.69, 9.17) is 4.74 Å². The number of carbonyl (C=O) groups is 2. The van der Waals surface area contributed by atoms with Crippen molar-refractivity contribution in [2.45, 2.75) is 38.0 Å². The van der Waals surface area contributed by atoms with Crippen molar-refractivity contribution in [2.24, 2.45) is 5.92 Å². The summed E-state index contributed by atoms with van der Waals surface area (Å²) in [5, 5.41) is 9.29. The first-order valence-electron chi connectivity index (χ1n) is 7.25. The number of rotatable bonds is 4. The Bertz CT molecular complexity index is 571. The summed E-state index contributed by atoms with van der Waals surface area (Å²) in [6.45, 7) is 0.382. The molecule has 0 radical (unpaired) electrons. The Morgan fingerprint density at radius 2 is 2.10 bits per heavy atom. The van der Waals surface area contributed by atoms with Gasteiger partial charge in [-0.1, -0.05) is 18.2 Å². The van der Waals surface area contributed by atoms with Crippen LogP contribution in [0.3, 0.4) is 0 Å². The van der Waals surface area contributed by atoms with E-state index in [1.807, 2.05) is 18.2 Å². The van der Waals surface area contributed by atoms with Gasteiger partial charge in [-0.15, -0.1) is 0 Å². The van der Waals surface area contributed by atoms with Gasteiger partial charge >= 0.3 is 5.97 Å². The average molecular weight is 289 g/mol. The van der Waals surface area contributed by atoms with Gasteiger partial charge in [-0.25, -0.2) is 0 Å². The van der Waals surface area contributed by atoms with Crippen LogP contribution in [0.25, 0.3) is 0 Å². The van der Waals surface area contributed by atoms with E-state index >= 15 is 0 Å². The number of fused-ring (bicyclic) bond motifs is 2. The molecule has 1 N–H and O–H groups in total. The van der Waals surface area contributed by atoms with E-state index < -0.39 is 11.9 Å². The molecule has 2 aliphatic rings. The van der Waals surface area contributed by atoms with E-state index in [0.29, 0.717) is 18.6 Å². The van der Waals surface area contributed by atoms with Crippen molar-refractivity contribution < 1.29 is 19.4 Å². The summed E-state index contributed by atoms with van der Waals surface area (Å²) in [7, 11) is 1.60. The predicted octanol–water partition coefficient (Wildman–Crippen LogP) is 1.91. The Kier molecular flexibility index (Phi) is 3.68.